The number of halogens is 2. The standard InChI is InChI=1S/C21H20F2N4O2/c1-3-19(28)27(2)18-9-6-13(11-15(18)22)16-7-8-17(26-16)21(29)25-12-14-5-4-10-24-20(14)23/h4-6,8-11H,3,7,12H2,1-2H3,(H,25,29). The minimum Gasteiger partial charge on any atom is -0.346 e. The molecule has 0 saturated heterocycles. The van der Waals surface area contributed by atoms with Crippen LogP contribution in [0.1, 0.15) is 30.9 Å². The van der Waals surface area contributed by atoms with Crippen LogP contribution >= 0.6 is 0 Å². The highest BCUT2D eigenvalue weighted by Crippen LogP contribution is 2.23. The van der Waals surface area contributed by atoms with Gasteiger partial charge in [-0.15, -0.1) is 0 Å². The maximum Gasteiger partial charge on any atom is 0.269 e. The van der Waals surface area contributed by atoms with Crippen molar-refractivity contribution in [2.75, 3.05) is 11.9 Å². The van der Waals surface area contributed by atoms with Crippen molar-refractivity contribution in [1.29, 1.82) is 0 Å². The molecule has 6 nitrogen and oxygen atoms in total. The quantitative estimate of drug-likeness (QED) is 0.760. The van der Waals surface area contributed by atoms with Gasteiger partial charge in [0.1, 0.15) is 11.5 Å². The number of aromatic nitrogens is 1. The number of nitrogens with zero attached hydrogens (tertiary/aromatic N) is 3. The SMILES string of the molecule is CCC(=O)N(C)c1ccc(C2=NC(C(=O)NCc3cccnc3F)=CC2)cc1F. The van der Waals surface area contributed by atoms with E-state index in [0.717, 1.165) is 0 Å². The minimum atomic E-state index is -0.639. The molecule has 1 aliphatic rings. The lowest BCUT2D eigenvalue weighted by molar-refractivity contribution is -0.118. The van der Waals surface area contributed by atoms with E-state index in [2.05, 4.69) is 15.3 Å². The second kappa shape index (κ2) is 8.72. The fraction of sp³-hybridized carbons (Fsp3) is 0.238. The first kappa shape index (κ1) is 20.3. The smallest absolute Gasteiger partial charge is 0.269 e. The number of allylic oxidation sites excluding steroid dienone is 1. The molecule has 2 amide bonds. The van der Waals surface area contributed by atoms with E-state index in [1.807, 2.05) is 0 Å². The van der Waals surface area contributed by atoms with Gasteiger partial charge in [0.25, 0.3) is 5.91 Å². The summed E-state index contributed by atoms with van der Waals surface area (Å²) in [6.45, 7) is 1.70. The van der Waals surface area contributed by atoms with E-state index >= 15 is 0 Å². The van der Waals surface area contributed by atoms with Crippen LogP contribution in [0, 0.1) is 11.8 Å². The van der Waals surface area contributed by atoms with Crippen molar-refractivity contribution in [2.24, 2.45) is 4.99 Å². The van der Waals surface area contributed by atoms with Gasteiger partial charge in [0.15, 0.2) is 0 Å². The van der Waals surface area contributed by atoms with Crippen LogP contribution in [-0.2, 0) is 16.1 Å². The Morgan fingerprint density at radius 1 is 1.24 bits per heavy atom. The van der Waals surface area contributed by atoms with Gasteiger partial charge in [-0.1, -0.05) is 19.1 Å². The molecule has 0 spiro atoms. The third kappa shape index (κ3) is 4.53. The summed E-state index contributed by atoms with van der Waals surface area (Å²) in [7, 11) is 1.52. The zero-order chi connectivity index (χ0) is 21.0. The molecule has 0 atom stereocenters. The topological polar surface area (TPSA) is 74.7 Å². The molecule has 1 aliphatic heterocycles. The van der Waals surface area contributed by atoms with Crippen LogP contribution in [0.5, 0.6) is 0 Å². The van der Waals surface area contributed by atoms with Gasteiger partial charge in [0.05, 0.1) is 11.4 Å². The zero-order valence-corrected chi connectivity index (χ0v) is 16.1. The second-order valence-electron chi connectivity index (χ2n) is 6.46. The Hall–Kier alpha value is -3.42. The van der Waals surface area contributed by atoms with Crippen molar-refractivity contribution in [3.05, 3.63) is 71.2 Å². The number of carbonyl (C=O) groups excluding carboxylic acids is 2. The summed E-state index contributed by atoms with van der Waals surface area (Å²) in [5.74, 6) is -1.83. The molecule has 150 valence electrons. The summed E-state index contributed by atoms with van der Waals surface area (Å²) in [6, 6.07) is 7.60. The van der Waals surface area contributed by atoms with Crippen LogP contribution in [0.4, 0.5) is 14.5 Å². The van der Waals surface area contributed by atoms with E-state index in [9.17, 15) is 18.4 Å². The Balaban J connectivity index is 1.68. The van der Waals surface area contributed by atoms with Gasteiger partial charge in [-0.25, -0.2) is 14.4 Å². The molecule has 3 rings (SSSR count). The highest BCUT2D eigenvalue weighted by atomic mass is 19.1. The molecule has 0 saturated carbocycles. The maximum atomic E-state index is 14.5. The molecular formula is C21H20F2N4O2. The molecule has 0 bridgehead atoms. The van der Waals surface area contributed by atoms with Crippen LogP contribution in [0.15, 0.2) is 53.3 Å². The first-order chi connectivity index (χ1) is 13.9. The van der Waals surface area contributed by atoms with Crippen molar-refractivity contribution in [1.82, 2.24) is 10.3 Å². The van der Waals surface area contributed by atoms with E-state index in [-0.39, 0.29) is 35.8 Å². The predicted molar refractivity (Wildman–Crippen MR) is 105 cm³/mol. The Morgan fingerprint density at radius 3 is 2.72 bits per heavy atom. The molecule has 2 aromatic rings. The number of hydrogen-bond donors (Lipinski definition) is 1. The van der Waals surface area contributed by atoms with Gasteiger partial charge in [-0.05, 0) is 29.8 Å². The van der Waals surface area contributed by atoms with Crippen molar-refractivity contribution >= 4 is 23.2 Å². The number of pyridine rings is 1. The van der Waals surface area contributed by atoms with Gasteiger partial charge < -0.3 is 10.2 Å². The van der Waals surface area contributed by atoms with Gasteiger partial charge in [0.2, 0.25) is 11.9 Å². The number of benzene rings is 1. The zero-order valence-electron chi connectivity index (χ0n) is 16.1. The highest BCUT2D eigenvalue weighted by molar-refractivity contribution is 6.08. The Kier molecular flexibility index (Phi) is 6.11. The van der Waals surface area contributed by atoms with Crippen LogP contribution in [-0.4, -0.2) is 29.6 Å². The normalized spacial score (nSPS) is 13.0. The summed E-state index contributed by atoms with van der Waals surface area (Å²) in [4.78, 5) is 33.1. The molecule has 1 aromatic heterocycles. The van der Waals surface area contributed by atoms with E-state index in [1.54, 1.807) is 25.1 Å². The number of nitrogens with one attached hydrogen (secondary N) is 1. The lowest BCUT2D eigenvalue weighted by atomic mass is 10.1. The number of aliphatic imine (C=N–C) groups is 1. The third-order valence-corrected chi connectivity index (χ3v) is 4.57. The summed E-state index contributed by atoms with van der Waals surface area (Å²) < 4.78 is 28.0. The third-order valence-electron chi connectivity index (χ3n) is 4.57. The van der Waals surface area contributed by atoms with Crippen LogP contribution in [0.3, 0.4) is 0 Å². The first-order valence-electron chi connectivity index (χ1n) is 9.12. The maximum absolute atomic E-state index is 14.5. The molecule has 0 unspecified atom stereocenters. The van der Waals surface area contributed by atoms with E-state index in [1.165, 1.54) is 36.3 Å². The van der Waals surface area contributed by atoms with Gasteiger partial charge in [-0.3, -0.25) is 9.59 Å². The van der Waals surface area contributed by atoms with Crippen molar-refractivity contribution in [2.45, 2.75) is 26.3 Å². The van der Waals surface area contributed by atoms with Crippen LogP contribution in [0.25, 0.3) is 0 Å². The van der Waals surface area contributed by atoms with Crippen molar-refractivity contribution in [3.63, 3.8) is 0 Å². The number of hydrogen-bond acceptors (Lipinski definition) is 4. The average molecular weight is 398 g/mol. The molecule has 1 aromatic carbocycles. The first-order valence-corrected chi connectivity index (χ1v) is 9.12. The molecule has 1 N–H and O–H groups in total. The summed E-state index contributed by atoms with van der Waals surface area (Å²) in [5, 5.41) is 2.60. The average Bonchev–Trinajstić information content (AvgIpc) is 3.22. The fourth-order valence-corrected chi connectivity index (χ4v) is 2.90. The van der Waals surface area contributed by atoms with Crippen molar-refractivity contribution in [3.8, 4) is 0 Å². The molecule has 8 heteroatoms. The molecule has 2 heterocycles. The Labute approximate surface area is 167 Å². The number of carbonyl (C=O) groups is 2. The largest absolute Gasteiger partial charge is 0.346 e. The lowest BCUT2D eigenvalue weighted by Crippen LogP contribution is -2.26. The monoisotopic (exact) mass is 398 g/mol. The molecule has 0 radical (unpaired) electrons. The number of anilines is 1. The van der Waals surface area contributed by atoms with Crippen molar-refractivity contribution < 1.29 is 18.4 Å². The molecule has 0 fully saturated rings. The molecule has 0 aliphatic carbocycles. The fourth-order valence-electron chi connectivity index (χ4n) is 2.90. The summed E-state index contributed by atoms with van der Waals surface area (Å²) in [6.07, 6.45) is 3.60. The van der Waals surface area contributed by atoms with E-state index in [0.29, 0.717) is 17.7 Å². The summed E-state index contributed by atoms with van der Waals surface area (Å²) >= 11 is 0. The second-order valence-corrected chi connectivity index (χ2v) is 6.46. The van der Waals surface area contributed by atoms with E-state index < -0.39 is 17.7 Å². The molecular weight excluding hydrogens is 378 g/mol. The van der Waals surface area contributed by atoms with Crippen LogP contribution < -0.4 is 10.2 Å². The highest BCUT2D eigenvalue weighted by Gasteiger charge is 2.19. The van der Waals surface area contributed by atoms with Gasteiger partial charge in [0, 0.05) is 38.2 Å². The predicted octanol–water partition coefficient (Wildman–Crippen LogP) is 3.13. The minimum absolute atomic E-state index is 0.0121. The number of amides is 2. The Bertz CT molecular complexity index is 1020. The summed E-state index contributed by atoms with van der Waals surface area (Å²) in [5.41, 5.74) is 1.71. The van der Waals surface area contributed by atoms with Gasteiger partial charge in [-0.2, -0.15) is 4.39 Å². The van der Waals surface area contributed by atoms with Crippen LogP contribution in [0.2, 0.25) is 0 Å². The van der Waals surface area contributed by atoms with Gasteiger partial charge >= 0.3 is 0 Å². The lowest BCUT2D eigenvalue weighted by Gasteiger charge is -2.17. The Morgan fingerprint density at radius 2 is 2.03 bits per heavy atom. The number of rotatable bonds is 6. The van der Waals surface area contributed by atoms with E-state index in [4.69, 9.17) is 0 Å². The molecule has 29 heavy (non-hydrogen) atoms.